The van der Waals surface area contributed by atoms with Crippen molar-refractivity contribution in [2.75, 3.05) is 11.9 Å². The molecule has 1 aromatic carbocycles. The lowest BCUT2D eigenvalue weighted by atomic mass is 10.3. The molecule has 6 nitrogen and oxygen atoms in total. The number of nitro benzene ring substituents is 1. The number of non-ortho nitro benzene ring substituents is 1. The maximum Gasteiger partial charge on any atom is 0.271 e. The zero-order valence-corrected chi connectivity index (χ0v) is 12.4. The molecule has 2 rings (SSSR count). The second-order valence-corrected chi connectivity index (χ2v) is 4.95. The molecule has 0 spiro atoms. The average molecular weight is 326 g/mol. The number of nitro groups is 1. The summed E-state index contributed by atoms with van der Waals surface area (Å²) in [6, 6.07) is 7.81. The van der Waals surface area contributed by atoms with E-state index in [1.165, 1.54) is 18.2 Å². The van der Waals surface area contributed by atoms with Crippen molar-refractivity contribution in [3.05, 3.63) is 57.5 Å². The van der Waals surface area contributed by atoms with E-state index < -0.39 is 4.92 Å². The molecule has 2 N–H and O–H groups in total. The summed E-state index contributed by atoms with van der Waals surface area (Å²) in [7, 11) is 0. The molecule has 8 heteroatoms. The maximum absolute atomic E-state index is 10.7. The molecular weight excluding hydrogens is 314 g/mol. The van der Waals surface area contributed by atoms with E-state index in [-0.39, 0.29) is 5.69 Å². The van der Waals surface area contributed by atoms with Crippen LogP contribution in [0.3, 0.4) is 0 Å². The van der Waals surface area contributed by atoms with Crippen molar-refractivity contribution in [1.82, 2.24) is 5.32 Å². The molecule has 1 heterocycles. The lowest BCUT2D eigenvalue weighted by Gasteiger charge is -2.11. The maximum atomic E-state index is 10.7. The molecule has 2 aromatic rings. The summed E-state index contributed by atoms with van der Waals surface area (Å²) in [5.41, 5.74) is 0.335. The Kier molecular flexibility index (Phi) is 5.13. The topological polar surface area (TPSA) is 80.3 Å². The molecule has 0 saturated carbocycles. The lowest BCUT2D eigenvalue weighted by molar-refractivity contribution is -0.384. The van der Waals surface area contributed by atoms with Gasteiger partial charge in [0.1, 0.15) is 5.76 Å². The van der Waals surface area contributed by atoms with Crippen LogP contribution in [0.15, 0.2) is 41.0 Å². The van der Waals surface area contributed by atoms with Gasteiger partial charge in [0.05, 0.1) is 21.9 Å². The summed E-state index contributed by atoms with van der Waals surface area (Å²) in [5, 5.41) is 17.2. The number of benzene rings is 1. The predicted octanol–water partition coefficient (Wildman–Crippen LogP) is 3.37. The molecule has 110 valence electrons. The van der Waals surface area contributed by atoms with E-state index in [4.69, 9.17) is 28.2 Å². The number of rotatable bonds is 5. The number of hydrogen-bond donors (Lipinski definition) is 2. The van der Waals surface area contributed by atoms with E-state index >= 15 is 0 Å². The molecule has 0 aliphatic rings. The van der Waals surface area contributed by atoms with Gasteiger partial charge in [0.2, 0.25) is 0 Å². The zero-order chi connectivity index (χ0) is 15.2. The van der Waals surface area contributed by atoms with Gasteiger partial charge in [0.25, 0.3) is 5.69 Å². The third-order valence-corrected chi connectivity index (χ3v) is 3.22. The summed E-state index contributed by atoms with van der Waals surface area (Å²) < 4.78 is 5.20. The number of nitrogens with one attached hydrogen (secondary N) is 2. The highest BCUT2D eigenvalue weighted by Gasteiger charge is 2.10. The minimum atomic E-state index is -0.491. The van der Waals surface area contributed by atoms with Crippen LogP contribution >= 0.6 is 23.8 Å². The van der Waals surface area contributed by atoms with E-state index in [0.29, 0.717) is 28.8 Å². The molecule has 21 heavy (non-hydrogen) atoms. The largest absolute Gasteiger partial charge is 0.469 e. The van der Waals surface area contributed by atoms with Crippen molar-refractivity contribution >= 4 is 40.3 Å². The summed E-state index contributed by atoms with van der Waals surface area (Å²) in [4.78, 5) is 10.2. The fourth-order valence-electron chi connectivity index (χ4n) is 1.64. The third-order valence-electron chi connectivity index (χ3n) is 2.65. The van der Waals surface area contributed by atoms with Crippen LogP contribution in [0.25, 0.3) is 0 Å². The van der Waals surface area contributed by atoms with Gasteiger partial charge in [-0.1, -0.05) is 11.6 Å². The van der Waals surface area contributed by atoms with Crippen LogP contribution < -0.4 is 10.6 Å². The van der Waals surface area contributed by atoms with Crippen LogP contribution in [0, 0.1) is 10.1 Å². The summed E-state index contributed by atoms with van der Waals surface area (Å²) in [6.07, 6.45) is 2.28. The van der Waals surface area contributed by atoms with Crippen molar-refractivity contribution in [3.8, 4) is 0 Å². The fourth-order valence-corrected chi connectivity index (χ4v) is 2.02. The third kappa shape index (κ3) is 4.44. The van der Waals surface area contributed by atoms with E-state index in [2.05, 4.69) is 10.6 Å². The van der Waals surface area contributed by atoms with Crippen molar-refractivity contribution < 1.29 is 9.34 Å². The van der Waals surface area contributed by atoms with Crippen LogP contribution in [-0.4, -0.2) is 16.6 Å². The van der Waals surface area contributed by atoms with Crippen molar-refractivity contribution in [2.24, 2.45) is 0 Å². The molecule has 0 saturated heterocycles. The first-order valence-electron chi connectivity index (χ1n) is 6.07. The Morgan fingerprint density at radius 3 is 2.90 bits per heavy atom. The van der Waals surface area contributed by atoms with Gasteiger partial charge < -0.3 is 15.1 Å². The number of hydrogen-bond acceptors (Lipinski definition) is 4. The first-order chi connectivity index (χ1) is 10.1. The molecule has 0 aliphatic heterocycles. The molecule has 0 atom stereocenters. The molecule has 0 unspecified atom stereocenters. The van der Waals surface area contributed by atoms with Crippen LogP contribution in [0.1, 0.15) is 5.76 Å². The number of halogens is 1. The smallest absolute Gasteiger partial charge is 0.271 e. The van der Waals surface area contributed by atoms with Crippen molar-refractivity contribution in [2.45, 2.75) is 6.42 Å². The average Bonchev–Trinajstić information content (AvgIpc) is 2.94. The number of nitrogens with zero attached hydrogens (tertiary/aromatic N) is 1. The molecule has 0 radical (unpaired) electrons. The highest BCUT2D eigenvalue weighted by Crippen LogP contribution is 2.26. The van der Waals surface area contributed by atoms with E-state index in [1.54, 1.807) is 6.26 Å². The summed E-state index contributed by atoms with van der Waals surface area (Å²) in [5.74, 6) is 0.846. The Labute approximate surface area is 131 Å². The van der Waals surface area contributed by atoms with Crippen LogP contribution in [0.5, 0.6) is 0 Å². The SMILES string of the molecule is O=[N+]([O-])c1ccc(Cl)c(NC(=S)NCCc2ccco2)c1. The van der Waals surface area contributed by atoms with Gasteiger partial charge in [-0.2, -0.15) is 0 Å². The second-order valence-electron chi connectivity index (χ2n) is 4.13. The molecular formula is C13H12ClN3O3S. The van der Waals surface area contributed by atoms with Gasteiger partial charge >= 0.3 is 0 Å². The van der Waals surface area contributed by atoms with Crippen LogP contribution in [-0.2, 0) is 6.42 Å². The predicted molar refractivity (Wildman–Crippen MR) is 84.7 cm³/mol. The van der Waals surface area contributed by atoms with Crippen molar-refractivity contribution in [1.29, 1.82) is 0 Å². The molecule has 1 aromatic heterocycles. The van der Waals surface area contributed by atoms with Crippen molar-refractivity contribution in [3.63, 3.8) is 0 Å². The highest BCUT2D eigenvalue weighted by molar-refractivity contribution is 7.80. The normalized spacial score (nSPS) is 10.1. The highest BCUT2D eigenvalue weighted by atomic mass is 35.5. The Morgan fingerprint density at radius 2 is 2.24 bits per heavy atom. The van der Waals surface area contributed by atoms with E-state index in [0.717, 1.165) is 5.76 Å². The van der Waals surface area contributed by atoms with E-state index in [9.17, 15) is 10.1 Å². The molecule has 0 aliphatic carbocycles. The Balaban J connectivity index is 1.90. The van der Waals surface area contributed by atoms with Gasteiger partial charge in [-0.3, -0.25) is 10.1 Å². The van der Waals surface area contributed by atoms with Gasteiger partial charge in [0.15, 0.2) is 5.11 Å². The quantitative estimate of drug-likeness (QED) is 0.498. The Hall–Kier alpha value is -2.12. The number of furan rings is 1. The molecule has 0 amide bonds. The molecule has 0 bridgehead atoms. The van der Waals surface area contributed by atoms with E-state index in [1.807, 2.05) is 12.1 Å². The zero-order valence-electron chi connectivity index (χ0n) is 10.8. The minimum Gasteiger partial charge on any atom is -0.469 e. The first kappa shape index (κ1) is 15.3. The first-order valence-corrected chi connectivity index (χ1v) is 6.86. The minimum absolute atomic E-state index is 0.0553. The Morgan fingerprint density at radius 1 is 1.43 bits per heavy atom. The fraction of sp³-hybridized carbons (Fsp3) is 0.154. The summed E-state index contributed by atoms with van der Waals surface area (Å²) in [6.45, 7) is 0.575. The number of anilines is 1. The van der Waals surface area contributed by atoms with Crippen LogP contribution in [0.2, 0.25) is 5.02 Å². The summed E-state index contributed by atoms with van der Waals surface area (Å²) >= 11 is 11.1. The molecule has 0 fully saturated rings. The van der Waals surface area contributed by atoms with Gasteiger partial charge in [-0.05, 0) is 30.4 Å². The standard InChI is InChI=1S/C13H12ClN3O3S/c14-11-4-3-9(17(18)19)8-12(11)16-13(21)15-6-5-10-2-1-7-20-10/h1-4,7-8H,5-6H2,(H2,15,16,21). The van der Waals surface area contributed by atoms with Gasteiger partial charge in [-0.25, -0.2) is 0 Å². The second kappa shape index (κ2) is 7.05. The van der Waals surface area contributed by atoms with Gasteiger partial charge in [-0.15, -0.1) is 0 Å². The Bertz CT molecular complexity index is 646. The van der Waals surface area contributed by atoms with Gasteiger partial charge in [0, 0.05) is 25.1 Å². The van der Waals surface area contributed by atoms with Crippen LogP contribution in [0.4, 0.5) is 11.4 Å². The number of thiocarbonyl (C=S) groups is 1. The monoisotopic (exact) mass is 325 g/mol. The lowest BCUT2D eigenvalue weighted by Crippen LogP contribution is -2.30.